The Morgan fingerprint density at radius 1 is 0.806 bits per heavy atom. The quantitative estimate of drug-likeness (QED) is 0.181. The van der Waals surface area contributed by atoms with Gasteiger partial charge in [-0.3, -0.25) is 4.79 Å². The fourth-order valence-corrected chi connectivity index (χ4v) is 3.62. The van der Waals surface area contributed by atoms with Crippen molar-refractivity contribution in [3.63, 3.8) is 0 Å². The number of amides is 1. The van der Waals surface area contributed by atoms with E-state index in [-0.39, 0.29) is 5.57 Å². The number of halogens is 1. The molecule has 36 heavy (non-hydrogen) atoms. The Morgan fingerprint density at radius 2 is 1.44 bits per heavy atom. The highest BCUT2D eigenvalue weighted by molar-refractivity contribution is 9.10. The molecule has 0 bridgehead atoms. The monoisotopic (exact) mass is 538 g/mol. The Balaban J connectivity index is 1.39. The van der Waals surface area contributed by atoms with Crippen molar-refractivity contribution in [3.8, 4) is 17.6 Å². The molecule has 0 heterocycles. The number of benzene rings is 4. The van der Waals surface area contributed by atoms with Gasteiger partial charge in [-0.25, -0.2) is 0 Å². The largest absolute Gasteiger partial charge is 0.489 e. The molecule has 4 aromatic carbocycles. The first-order chi connectivity index (χ1) is 17.6. The van der Waals surface area contributed by atoms with Crippen LogP contribution in [-0.2, 0) is 18.0 Å². The summed E-state index contributed by atoms with van der Waals surface area (Å²) in [4.78, 5) is 12.8. The molecule has 0 fully saturated rings. The third kappa shape index (κ3) is 7.08. The van der Waals surface area contributed by atoms with Gasteiger partial charge in [0.2, 0.25) is 0 Å². The molecule has 5 nitrogen and oxygen atoms in total. The van der Waals surface area contributed by atoms with E-state index in [9.17, 15) is 10.1 Å². The van der Waals surface area contributed by atoms with E-state index in [0.717, 1.165) is 15.6 Å². The molecule has 0 aliphatic rings. The van der Waals surface area contributed by atoms with Gasteiger partial charge < -0.3 is 14.8 Å². The number of hydrogen-bond donors (Lipinski definition) is 1. The van der Waals surface area contributed by atoms with Crippen LogP contribution < -0.4 is 14.8 Å². The van der Waals surface area contributed by atoms with Crippen molar-refractivity contribution in [2.75, 3.05) is 5.32 Å². The molecule has 0 aromatic heterocycles. The van der Waals surface area contributed by atoms with E-state index < -0.39 is 5.91 Å². The number of nitriles is 1. The molecule has 0 aliphatic carbocycles. The number of anilines is 1. The first-order valence-electron chi connectivity index (χ1n) is 11.3. The summed E-state index contributed by atoms with van der Waals surface area (Å²) in [6.07, 6.45) is 1.53. The molecule has 0 saturated carbocycles. The molecule has 0 atom stereocenters. The first kappa shape index (κ1) is 24.8. The molecule has 1 N–H and O–H groups in total. The lowest BCUT2D eigenvalue weighted by molar-refractivity contribution is -0.112. The third-order valence-corrected chi connectivity index (χ3v) is 5.78. The van der Waals surface area contributed by atoms with Crippen LogP contribution in [0.15, 0.2) is 113 Å². The van der Waals surface area contributed by atoms with E-state index in [0.29, 0.717) is 36.0 Å². The highest BCUT2D eigenvalue weighted by Gasteiger charge is 2.12. The zero-order valence-electron chi connectivity index (χ0n) is 19.4. The Labute approximate surface area is 218 Å². The van der Waals surface area contributed by atoms with Gasteiger partial charge in [0.25, 0.3) is 5.91 Å². The number of ether oxygens (including phenoxy) is 2. The summed E-state index contributed by atoms with van der Waals surface area (Å²) in [5.74, 6) is 0.768. The molecular formula is C30H23BrN2O3. The Bertz CT molecular complexity index is 1380. The first-order valence-corrected chi connectivity index (χ1v) is 12.1. The molecule has 4 aromatic rings. The summed E-state index contributed by atoms with van der Waals surface area (Å²) in [5, 5.41) is 12.4. The van der Waals surface area contributed by atoms with E-state index in [1.807, 2.05) is 84.9 Å². The molecule has 4 rings (SSSR count). The Morgan fingerprint density at radius 3 is 2.17 bits per heavy atom. The van der Waals surface area contributed by atoms with Crippen LogP contribution in [-0.4, -0.2) is 5.91 Å². The van der Waals surface area contributed by atoms with Crippen LogP contribution in [0.1, 0.15) is 16.7 Å². The minimum absolute atomic E-state index is 0.0265. The molecule has 1 amide bonds. The lowest BCUT2D eigenvalue weighted by Crippen LogP contribution is -2.13. The van der Waals surface area contributed by atoms with Gasteiger partial charge in [-0.1, -0.05) is 76.6 Å². The highest BCUT2D eigenvalue weighted by Crippen LogP contribution is 2.23. The van der Waals surface area contributed by atoms with Gasteiger partial charge in [-0.2, -0.15) is 5.26 Å². The van der Waals surface area contributed by atoms with Gasteiger partial charge in [-0.15, -0.1) is 0 Å². The van der Waals surface area contributed by atoms with E-state index in [4.69, 9.17) is 9.47 Å². The second kappa shape index (κ2) is 12.4. The van der Waals surface area contributed by atoms with Crippen LogP contribution in [0, 0.1) is 11.3 Å². The minimum Gasteiger partial charge on any atom is -0.489 e. The SMILES string of the molecule is N#C/C(=C\c1ccccc1OCc1ccccc1)C(=O)Nc1ccc(OCc2ccc(Br)cc2)cc1. The average Bonchev–Trinajstić information content (AvgIpc) is 2.92. The maximum Gasteiger partial charge on any atom is 0.266 e. The third-order valence-electron chi connectivity index (χ3n) is 5.25. The second-order valence-electron chi connectivity index (χ2n) is 7.88. The van der Waals surface area contributed by atoms with Gasteiger partial charge in [-0.05, 0) is 59.7 Å². The molecular weight excluding hydrogens is 516 g/mol. The van der Waals surface area contributed by atoms with E-state index in [1.165, 1.54) is 6.08 Å². The summed E-state index contributed by atoms with van der Waals surface area (Å²) < 4.78 is 12.8. The average molecular weight is 539 g/mol. The maximum absolute atomic E-state index is 12.8. The number of carbonyl (C=O) groups is 1. The lowest BCUT2D eigenvalue weighted by atomic mass is 10.1. The molecule has 0 aliphatic heterocycles. The summed E-state index contributed by atoms with van der Waals surface area (Å²) in [7, 11) is 0. The molecule has 0 radical (unpaired) electrons. The summed E-state index contributed by atoms with van der Waals surface area (Å²) in [6, 6.07) is 34.0. The molecule has 0 saturated heterocycles. The van der Waals surface area contributed by atoms with Gasteiger partial charge in [0.15, 0.2) is 0 Å². The molecule has 178 valence electrons. The lowest BCUT2D eigenvalue weighted by Gasteiger charge is -2.10. The number of rotatable bonds is 9. The topological polar surface area (TPSA) is 71.3 Å². The number of hydrogen-bond acceptors (Lipinski definition) is 4. The predicted octanol–water partition coefficient (Wildman–Crippen LogP) is 7.15. The zero-order valence-corrected chi connectivity index (χ0v) is 20.9. The Kier molecular flexibility index (Phi) is 8.53. The van der Waals surface area contributed by atoms with Crippen LogP contribution in [0.5, 0.6) is 11.5 Å². The highest BCUT2D eigenvalue weighted by atomic mass is 79.9. The van der Waals surface area contributed by atoms with Crippen molar-refractivity contribution in [2.45, 2.75) is 13.2 Å². The van der Waals surface area contributed by atoms with Crippen molar-refractivity contribution < 1.29 is 14.3 Å². The van der Waals surface area contributed by atoms with Gasteiger partial charge in [0, 0.05) is 15.7 Å². The standard InChI is InChI=1S/C30H23BrN2O3/c31-26-12-10-23(11-13-26)20-35-28-16-14-27(15-17-28)33-30(34)25(19-32)18-24-8-4-5-9-29(24)36-21-22-6-2-1-3-7-22/h1-18H,20-21H2,(H,33,34)/b25-18+. The summed E-state index contributed by atoms with van der Waals surface area (Å²) in [6.45, 7) is 0.821. The zero-order chi connectivity index (χ0) is 25.2. The Hall–Kier alpha value is -4.34. The minimum atomic E-state index is -0.501. The maximum atomic E-state index is 12.8. The van der Waals surface area contributed by atoms with E-state index >= 15 is 0 Å². The van der Waals surface area contributed by atoms with Crippen molar-refractivity contribution in [1.82, 2.24) is 0 Å². The van der Waals surface area contributed by atoms with Crippen LogP contribution in [0.4, 0.5) is 5.69 Å². The summed E-state index contributed by atoms with van der Waals surface area (Å²) >= 11 is 3.42. The van der Waals surface area contributed by atoms with Gasteiger partial charge in [0.05, 0.1) is 0 Å². The second-order valence-corrected chi connectivity index (χ2v) is 8.79. The van der Waals surface area contributed by atoms with Crippen molar-refractivity contribution >= 4 is 33.6 Å². The number of nitrogens with zero attached hydrogens (tertiary/aromatic N) is 1. The van der Waals surface area contributed by atoms with Crippen LogP contribution in [0.3, 0.4) is 0 Å². The molecule has 6 heteroatoms. The number of carbonyl (C=O) groups excluding carboxylic acids is 1. The van der Waals surface area contributed by atoms with Crippen molar-refractivity contribution in [3.05, 3.63) is 130 Å². The molecule has 0 unspecified atom stereocenters. The van der Waals surface area contributed by atoms with Crippen LogP contribution in [0.25, 0.3) is 6.08 Å². The fraction of sp³-hybridized carbons (Fsp3) is 0.0667. The summed E-state index contributed by atoms with van der Waals surface area (Å²) in [5.41, 5.74) is 3.26. The number of para-hydroxylation sites is 1. The fourth-order valence-electron chi connectivity index (χ4n) is 3.35. The predicted molar refractivity (Wildman–Crippen MR) is 144 cm³/mol. The smallest absolute Gasteiger partial charge is 0.266 e. The van der Waals surface area contributed by atoms with E-state index in [1.54, 1.807) is 24.3 Å². The van der Waals surface area contributed by atoms with Crippen molar-refractivity contribution in [2.24, 2.45) is 0 Å². The van der Waals surface area contributed by atoms with E-state index in [2.05, 4.69) is 21.2 Å². The van der Waals surface area contributed by atoms with Crippen LogP contribution >= 0.6 is 15.9 Å². The van der Waals surface area contributed by atoms with Gasteiger partial charge >= 0.3 is 0 Å². The number of nitrogens with one attached hydrogen (secondary N) is 1. The molecule has 0 spiro atoms. The van der Waals surface area contributed by atoms with Gasteiger partial charge in [0.1, 0.15) is 36.4 Å². The van der Waals surface area contributed by atoms with Crippen LogP contribution in [0.2, 0.25) is 0 Å². The normalized spacial score (nSPS) is 10.8. The van der Waals surface area contributed by atoms with Crippen molar-refractivity contribution in [1.29, 1.82) is 5.26 Å².